The first-order valence-corrected chi connectivity index (χ1v) is 7.88. The zero-order valence-electron chi connectivity index (χ0n) is 12.2. The van der Waals surface area contributed by atoms with Crippen LogP contribution in [0.15, 0.2) is 42.5 Å². The molecule has 1 saturated carbocycles. The minimum atomic E-state index is -0.844. The van der Waals surface area contributed by atoms with Gasteiger partial charge in [0.1, 0.15) is 5.60 Å². The van der Waals surface area contributed by atoms with E-state index in [0.29, 0.717) is 5.92 Å². The van der Waals surface area contributed by atoms with Crippen LogP contribution in [0.25, 0.3) is 0 Å². The van der Waals surface area contributed by atoms with E-state index in [2.05, 4.69) is 24.3 Å². The summed E-state index contributed by atoms with van der Waals surface area (Å²) in [5, 5.41) is 11.3. The summed E-state index contributed by atoms with van der Waals surface area (Å²) in [6, 6.07) is 14.5. The van der Waals surface area contributed by atoms with Crippen molar-refractivity contribution in [3.05, 3.63) is 64.7 Å². The highest BCUT2D eigenvalue weighted by molar-refractivity contribution is 5.52. The van der Waals surface area contributed by atoms with Gasteiger partial charge < -0.3 is 10.8 Å². The molecule has 3 N–H and O–H groups in total. The Labute approximate surface area is 125 Å². The van der Waals surface area contributed by atoms with E-state index >= 15 is 0 Å². The molecule has 0 aliphatic heterocycles. The SMILES string of the molecule is Nc1ccc2c(c1)CCC2(O)c1cccc(C2CCC2)c1. The van der Waals surface area contributed by atoms with Crippen LogP contribution in [-0.4, -0.2) is 5.11 Å². The number of rotatable bonds is 2. The zero-order valence-corrected chi connectivity index (χ0v) is 12.2. The van der Waals surface area contributed by atoms with Gasteiger partial charge in [-0.2, -0.15) is 0 Å². The average molecular weight is 279 g/mol. The maximum Gasteiger partial charge on any atom is 0.115 e. The smallest absolute Gasteiger partial charge is 0.115 e. The van der Waals surface area contributed by atoms with Crippen LogP contribution in [0.5, 0.6) is 0 Å². The molecule has 1 fully saturated rings. The molecular weight excluding hydrogens is 258 g/mol. The lowest BCUT2D eigenvalue weighted by Crippen LogP contribution is -2.24. The Balaban J connectivity index is 1.77. The van der Waals surface area contributed by atoms with Crippen LogP contribution in [0.3, 0.4) is 0 Å². The van der Waals surface area contributed by atoms with Gasteiger partial charge in [0, 0.05) is 5.69 Å². The molecule has 0 radical (unpaired) electrons. The van der Waals surface area contributed by atoms with Gasteiger partial charge in [-0.25, -0.2) is 0 Å². The van der Waals surface area contributed by atoms with Crippen LogP contribution >= 0.6 is 0 Å². The second-order valence-corrected chi connectivity index (χ2v) is 6.53. The summed E-state index contributed by atoms with van der Waals surface area (Å²) >= 11 is 0. The highest BCUT2D eigenvalue weighted by Gasteiger charge is 2.38. The third-order valence-electron chi connectivity index (χ3n) is 5.27. The van der Waals surface area contributed by atoms with Gasteiger partial charge >= 0.3 is 0 Å². The second-order valence-electron chi connectivity index (χ2n) is 6.53. The fraction of sp³-hybridized carbons (Fsp3) is 0.368. The quantitative estimate of drug-likeness (QED) is 0.823. The van der Waals surface area contributed by atoms with Gasteiger partial charge in [-0.05, 0) is 66.0 Å². The third kappa shape index (κ3) is 1.97. The monoisotopic (exact) mass is 279 g/mol. The Bertz CT molecular complexity index is 690. The van der Waals surface area contributed by atoms with Gasteiger partial charge in [-0.15, -0.1) is 0 Å². The molecule has 108 valence electrons. The highest BCUT2D eigenvalue weighted by atomic mass is 16.3. The Hall–Kier alpha value is -1.80. The summed E-state index contributed by atoms with van der Waals surface area (Å²) in [5.41, 5.74) is 10.4. The summed E-state index contributed by atoms with van der Waals surface area (Å²) in [4.78, 5) is 0. The lowest BCUT2D eigenvalue weighted by Gasteiger charge is -2.29. The van der Waals surface area contributed by atoms with E-state index in [1.165, 1.54) is 30.4 Å². The van der Waals surface area contributed by atoms with E-state index in [1.807, 2.05) is 18.2 Å². The molecule has 1 atom stereocenters. The molecule has 0 amide bonds. The Kier molecular flexibility index (Phi) is 2.83. The summed E-state index contributed by atoms with van der Waals surface area (Å²) in [6.07, 6.45) is 5.55. The van der Waals surface area contributed by atoms with Crippen molar-refractivity contribution in [2.75, 3.05) is 5.73 Å². The van der Waals surface area contributed by atoms with Gasteiger partial charge in [0.2, 0.25) is 0 Å². The van der Waals surface area contributed by atoms with E-state index in [9.17, 15) is 5.11 Å². The molecule has 2 heteroatoms. The molecule has 4 rings (SSSR count). The van der Waals surface area contributed by atoms with Gasteiger partial charge in [0.05, 0.1) is 0 Å². The first kappa shape index (κ1) is 12.9. The van der Waals surface area contributed by atoms with Crippen molar-refractivity contribution in [2.24, 2.45) is 0 Å². The Morgan fingerprint density at radius 1 is 1.10 bits per heavy atom. The molecule has 0 bridgehead atoms. The maximum absolute atomic E-state index is 11.3. The van der Waals surface area contributed by atoms with Crippen molar-refractivity contribution in [3.8, 4) is 0 Å². The standard InChI is InChI=1S/C19H21NO/c20-17-7-8-18-15(12-17)9-10-19(18,21)16-6-2-5-14(11-16)13-3-1-4-13/h2,5-8,11-13,21H,1,3-4,9-10,20H2. The number of hydrogen-bond acceptors (Lipinski definition) is 2. The zero-order chi connectivity index (χ0) is 14.4. The molecule has 2 aliphatic carbocycles. The van der Waals surface area contributed by atoms with Crippen molar-refractivity contribution >= 4 is 5.69 Å². The molecular formula is C19H21NO. The normalized spacial score (nSPS) is 24.6. The van der Waals surface area contributed by atoms with E-state index in [-0.39, 0.29) is 0 Å². The van der Waals surface area contributed by atoms with Gasteiger partial charge in [0.25, 0.3) is 0 Å². The van der Waals surface area contributed by atoms with Crippen molar-refractivity contribution in [2.45, 2.75) is 43.6 Å². The highest BCUT2D eigenvalue weighted by Crippen LogP contribution is 2.44. The number of hydrogen-bond donors (Lipinski definition) is 2. The summed E-state index contributed by atoms with van der Waals surface area (Å²) < 4.78 is 0. The average Bonchev–Trinajstić information content (AvgIpc) is 2.75. The van der Waals surface area contributed by atoms with Crippen LogP contribution in [0.4, 0.5) is 5.69 Å². The molecule has 1 unspecified atom stereocenters. The van der Waals surface area contributed by atoms with Crippen LogP contribution < -0.4 is 5.73 Å². The van der Waals surface area contributed by atoms with E-state index in [4.69, 9.17) is 5.73 Å². The van der Waals surface area contributed by atoms with E-state index < -0.39 is 5.60 Å². The van der Waals surface area contributed by atoms with Crippen LogP contribution in [0.2, 0.25) is 0 Å². The van der Waals surface area contributed by atoms with Crippen LogP contribution in [0.1, 0.15) is 53.9 Å². The number of nitrogens with two attached hydrogens (primary N) is 1. The first-order chi connectivity index (χ1) is 10.2. The number of anilines is 1. The number of aryl methyl sites for hydroxylation is 1. The molecule has 0 aromatic heterocycles. The molecule has 2 aliphatic rings. The van der Waals surface area contributed by atoms with Crippen molar-refractivity contribution < 1.29 is 5.11 Å². The van der Waals surface area contributed by atoms with E-state index in [1.54, 1.807) is 0 Å². The molecule has 2 aromatic rings. The van der Waals surface area contributed by atoms with Gasteiger partial charge in [-0.1, -0.05) is 36.8 Å². The molecule has 2 aromatic carbocycles. The van der Waals surface area contributed by atoms with Crippen molar-refractivity contribution in [1.82, 2.24) is 0 Å². The van der Waals surface area contributed by atoms with Crippen molar-refractivity contribution in [3.63, 3.8) is 0 Å². The van der Waals surface area contributed by atoms with Gasteiger partial charge in [-0.3, -0.25) is 0 Å². The Morgan fingerprint density at radius 2 is 1.95 bits per heavy atom. The predicted molar refractivity (Wildman–Crippen MR) is 85.2 cm³/mol. The molecule has 0 heterocycles. The van der Waals surface area contributed by atoms with Crippen molar-refractivity contribution in [1.29, 1.82) is 0 Å². The molecule has 2 nitrogen and oxygen atoms in total. The Morgan fingerprint density at radius 3 is 2.71 bits per heavy atom. The minimum Gasteiger partial charge on any atom is -0.399 e. The number of benzene rings is 2. The fourth-order valence-corrected chi connectivity index (χ4v) is 3.77. The summed E-state index contributed by atoms with van der Waals surface area (Å²) in [6.45, 7) is 0. The van der Waals surface area contributed by atoms with Crippen LogP contribution in [0, 0.1) is 0 Å². The number of nitrogen functional groups attached to an aromatic ring is 1. The lowest BCUT2D eigenvalue weighted by molar-refractivity contribution is 0.0828. The number of aliphatic hydroxyl groups is 1. The van der Waals surface area contributed by atoms with Crippen LogP contribution in [-0.2, 0) is 12.0 Å². The second kappa shape index (κ2) is 4.60. The summed E-state index contributed by atoms with van der Waals surface area (Å²) in [5.74, 6) is 0.695. The number of fused-ring (bicyclic) bond motifs is 1. The summed E-state index contributed by atoms with van der Waals surface area (Å²) in [7, 11) is 0. The van der Waals surface area contributed by atoms with Gasteiger partial charge in [0.15, 0.2) is 0 Å². The third-order valence-corrected chi connectivity index (χ3v) is 5.27. The maximum atomic E-state index is 11.3. The fourth-order valence-electron chi connectivity index (χ4n) is 3.77. The molecule has 0 spiro atoms. The largest absolute Gasteiger partial charge is 0.399 e. The lowest BCUT2D eigenvalue weighted by atomic mass is 9.78. The molecule has 0 saturated heterocycles. The predicted octanol–water partition coefficient (Wildman–Crippen LogP) is 3.72. The topological polar surface area (TPSA) is 46.2 Å². The minimum absolute atomic E-state index is 0.695. The molecule has 21 heavy (non-hydrogen) atoms. The van der Waals surface area contributed by atoms with E-state index in [0.717, 1.165) is 29.7 Å². The first-order valence-electron chi connectivity index (χ1n) is 7.88.